The molecule has 0 saturated carbocycles. The van der Waals surface area contributed by atoms with Gasteiger partial charge in [-0.15, -0.1) is 6.58 Å². The van der Waals surface area contributed by atoms with E-state index in [1.54, 1.807) is 37.3 Å². The van der Waals surface area contributed by atoms with Crippen LogP contribution in [-0.2, 0) is 14.4 Å². The summed E-state index contributed by atoms with van der Waals surface area (Å²) in [6.45, 7) is 7.06. The highest BCUT2D eigenvalue weighted by atomic mass is 16.4. The fraction of sp³-hybridized carbons (Fsp3) is 0.280. The molecule has 9 heteroatoms. The Morgan fingerprint density at radius 2 is 1.56 bits per heavy atom. The summed E-state index contributed by atoms with van der Waals surface area (Å²) in [5, 5.41) is 19.8. The third-order valence-corrected chi connectivity index (χ3v) is 4.98. The van der Waals surface area contributed by atoms with Gasteiger partial charge in [-0.2, -0.15) is 0 Å². The van der Waals surface area contributed by atoms with Crippen LogP contribution in [0.4, 0.5) is 21.9 Å². The van der Waals surface area contributed by atoms with Crippen molar-refractivity contribution >= 4 is 40.9 Å². The third-order valence-electron chi connectivity index (χ3n) is 4.98. The SMILES string of the molecule is C=CC[C@H](CC(=O)O)NC(=O)[C@H](C)CC(=O)Nc1ccc(NC(=O)Nc2ccccc2C)cc1. The topological polar surface area (TPSA) is 137 Å². The average Bonchev–Trinajstić information content (AvgIpc) is 2.76. The first-order valence-electron chi connectivity index (χ1n) is 10.8. The Morgan fingerprint density at radius 1 is 0.941 bits per heavy atom. The minimum absolute atomic E-state index is 0.0709. The van der Waals surface area contributed by atoms with E-state index in [0.717, 1.165) is 5.56 Å². The number of amides is 4. The van der Waals surface area contributed by atoms with E-state index in [-0.39, 0.29) is 24.8 Å². The van der Waals surface area contributed by atoms with Gasteiger partial charge in [0.1, 0.15) is 0 Å². The number of benzene rings is 2. The Balaban J connectivity index is 1.84. The van der Waals surface area contributed by atoms with Gasteiger partial charge in [-0.25, -0.2) is 4.79 Å². The Bertz CT molecular complexity index is 1040. The molecule has 0 radical (unpaired) electrons. The number of carbonyl (C=O) groups excluding carboxylic acids is 3. The zero-order valence-electron chi connectivity index (χ0n) is 19.3. The molecule has 0 aliphatic rings. The standard InChI is InChI=1S/C25H30N4O5/c1-4-7-20(15-23(31)32)27-24(33)17(3)14-22(30)26-18-10-12-19(13-11-18)28-25(34)29-21-9-6-5-8-16(21)2/h4-6,8-13,17,20H,1,7,14-15H2,2-3H3,(H,26,30)(H,27,33)(H,31,32)(H2,28,29,34)/t17-,20-/m1/s1. The molecule has 4 amide bonds. The molecule has 2 aromatic carbocycles. The third kappa shape index (κ3) is 8.78. The van der Waals surface area contributed by atoms with Crippen molar-refractivity contribution in [2.45, 2.75) is 39.2 Å². The van der Waals surface area contributed by atoms with Gasteiger partial charge in [0, 0.05) is 35.4 Å². The first kappa shape index (κ1) is 26.1. The lowest BCUT2D eigenvalue weighted by molar-refractivity contribution is -0.138. The number of para-hydroxylation sites is 1. The van der Waals surface area contributed by atoms with Crippen molar-refractivity contribution in [3.63, 3.8) is 0 Å². The van der Waals surface area contributed by atoms with E-state index in [1.807, 2.05) is 25.1 Å². The number of rotatable bonds is 11. The van der Waals surface area contributed by atoms with Crippen molar-refractivity contribution in [3.05, 3.63) is 66.7 Å². The molecule has 0 bridgehead atoms. The maximum Gasteiger partial charge on any atom is 0.323 e. The first-order valence-corrected chi connectivity index (χ1v) is 10.8. The predicted octanol–water partition coefficient (Wildman–Crippen LogP) is 4.14. The van der Waals surface area contributed by atoms with Crippen molar-refractivity contribution < 1.29 is 24.3 Å². The molecule has 2 aromatic rings. The Kier molecular flexibility index (Phi) is 9.82. The highest BCUT2D eigenvalue weighted by Crippen LogP contribution is 2.17. The van der Waals surface area contributed by atoms with Gasteiger partial charge in [0.05, 0.1) is 6.42 Å². The zero-order valence-corrected chi connectivity index (χ0v) is 19.3. The smallest absolute Gasteiger partial charge is 0.323 e. The molecule has 34 heavy (non-hydrogen) atoms. The number of hydrogen-bond acceptors (Lipinski definition) is 4. The molecule has 9 nitrogen and oxygen atoms in total. The maximum absolute atomic E-state index is 12.3. The van der Waals surface area contributed by atoms with Crippen molar-refractivity contribution in [1.29, 1.82) is 0 Å². The van der Waals surface area contributed by atoms with Crippen LogP contribution in [0, 0.1) is 12.8 Å². The molecule has 0 spiro atoms. The van der Waals surface area contributed by atoms with E-state index in [4.69, 9.17) is 5.11 Å². The van der Waals surface area contributed by atoms with E-state index < -0.39 is 23.8 Å². The maximum atomic E-state index is 12.3. The van der Waals surface area contributed by atoms with Crippen LogP contribution >= 0.6 is 0 Å². The van der Waals surface area contributed by atoms with Crippen LogP contribution in [0.15, 0.2) is 61.2 Å². The van der Waals surface area contributed by atoms with Crippen LogP contribution in [0.5, 0.6) is 0 Å². The molecule has 2 rings (SSSR count). The summed E-state index contributed by atoms with van der Waals surface area (Å²) in [5.41, 5.74) is 2.71. The second kappa shape index (κ2) is 12.8. The van der Waals surface area contributed by atoms with E-state index in [1.165, 1.54) is 6.08 Å². The minimum Gasteiger partial charge on any atom is -0.481 e. The molecule has 0 aliphatic heterocycles. The minimum atomic E-state index is -1.02. The Labute approximate surface area is 198 Å². The predicted molar refractivity (Wildman–Crippen MR) is 132 cm³/mol. The van der Waals surface area contributed by atoms with Crippen LogP contribution in [0.3, 0.4) is 0 Å². The fourth-order valence-corrected chi connectivity index (χ4v) is 3.17. The first-order chi connectivity index (χ1) is 16.2. The van der Waals surface area contributed by atoms with Crippen LogP contribution in [0.1, 0.15) is 31.7 Å². The van der Waals surface area contributed by atoms with Gasteiger partial charge in [-0.05, 0) is 49.2 Å². The number of carboxylic acids is 1. The van der Waals surface area contributed by atoms with Gasteiger partial charge >= 0.3 is 12.0 Å². The van der Waals surface area contributed by atoms with Crippen LogP contribution in [0.25, 0.3) is 0 Å². The Hall–Kier alpha value is -4.14. The number of anilines is 3. The number of aryl methyl sites for hydroxylation is 1. The lowest BCUT2D eigenvalue weighted by atomic mass is 10.0. The summed E-state index contributed by atoms with van der Waals surface area (Å²) in [5.74, 6) is -2.43. The van der Waals surface area contributed by atoms with Crippen LogP contribution in [0.2, 0.25) is 0 Å². The van der Waals surface area contributed by atoms with E-state index in [2.05, 4.69) is 27.8 Å². The van der Waals surface area contributed by atoms with Crippen LogP contribution < -0.4 is 21.3 Å². The zero-order chi connectivity index (χ0) is 25.1. The molecule has 0 aromatic heterocycles. The highest BCUT2D eigenvalue weighted by molar-refractivity contribution is 6.00. The summed E-state index contributed by atoms with van der Waals surface area (Å²) >= 11 is 0. The molecule has 0 fully saturated rings. The molecule has 2 atom stereocenters. The van der Waals surface area contributed by atoms with E-state index in [9.17, 15) is 19.2 Å². The molecule has 0 unspecified atom stereocenters. The second-order valence-electron chi connectivity index (χ2n) is 7.95. The summed E-state index contributed by atoms with van der Waals surface area (Å²) in [7, 11) is 0. The fourth-order valence-electron chi connectivity index (χ4n) is 3.17. The number of hydrogen-bond donors (Lipinski definition) is 5. The van der Waals surface area contributed by atoms with Crippen LogP contribution in [-0.4, -0.2) is 35.0 Å². The molecule has 180 valence electrons. The lowest BCUT2D eigenvalue weighted by Gasteiger charge is -2.18. The second-order valence-corrected chi connectivity index (χ2v) is 7.95. The summed E-state index contributed by atoms with van der Waals surface area (Å²) in [6.07, 6.45) is 1.56. The highest BCUT2D eigenvalue weighted by Gasteiger charge is 2.21. The molecular formula is C25H30N4O5. The lowest BCUT2D eigenvalue weighted by Crippen LogP contribution is -2.40. The number of aliphatic carboxylic acids is 1. The quantitative estimate of drug-likeness (QED) is 0.317. The summed E-state index contributed by atoms with van der Waals surface area (Å²) < 4.78 is 0. The van der Waals surface area contributed by atoms with Crippen molar-refractivity contribution in [1.82, 2.24) is 5.32 Å². The van der Waals surface area contributed by atoms with Gasteiger partial charge in [0.2, 0.25) is 11.8 Å². The molecular weight excluding hydrogens is 436 g/mol. The number of carboxylic acid groups (broad SMARTS) is 1. The van der Waals surface area contributed by atoms with Crippen molar-refractivity contribution in [2.75, 3.05) is 16.0 Å². The van der Waals surface area contributed by atoms with Gasteiger partial charge in [-0.1, -0.05) is 31.2 Å². The molecule has 0 saturated heterocycles. The summed E-state index contributed by atoms with van der Waals surface area (Å²) in [6, 6.07) is 13.0. The normalized spacial score (nSPS) is 12.1. The molecule has 0 heterocycles. The van der Waals surface area contributed by atoms with Gasteiger partial charge in [0.15, 0.2) is 0 Å². The number of carbonyl (C=O) groups is 4. The van der Waals surface area contributed by atoms with E-state index in [0.29, 0.717) is 23.5 Å². The molecule has 0 aliphatic carbocycles. The number of nitrogens with one attached hydrogen (secondary N) is 4. The number of urea groups is 1. The van der Waals surface area contributed by atoms with E-state index >= 15 is 0 Å². The Morgan fingerprint density at radius 3 is 2.15 bits per heavy atom. The van der Waals surface area contributed by atoms with Crippen molar-refractivity contribution in [2.24, 2.45) is 5.92 Å². The largest absolute Gasteiger partial charge is 0.481 e. The monoisotopic (exact) mass is 466 g/mol. The molecule has 5 N–H and O–H groups in total. The van der Waals surface area contributed by atoms with Crippen molar-refractivity contribution in [3.8, 4) is 0 Å². The van der Waals surface area contributed by atoms with Gasteiger partial charge in [0.25, 0.3) is 0 Å². The van der Waals surface area contributed by atoms with Gasteiger partial charge < -0.3 is 26.4 Å². The average molecular weight is 467 g/mol. The van der Waals surface area contributed by atoms with Gasteiger partial charge in [-0.3, -0.25) is 14.4 Å². The summed E-state index contributed by atoms with van der Waals surface area (Å²) in [4.78, 5) is 47.8.